The quantitative estimate of drug-likeness (QED) is 0.796. The van der Waals surface area contributed by atoms with Crippen LogP contribution in [0.5, 0.6) is 0 Å². The molecular formula is C13H17ClN2S. The normalized spacial score (nSPS) is 15.9. The first-order chi connectivity index (χ1) is 8.15. The van der Waals surface area contributed by atoms with Gasteiger partial charge in [0, 0.05) is 6.04 Å². The lowest BCUT2D eigenvalue weighted by Crippen LogP contribution is -2.36. The van der Waals surface area contributed by atoms with Gasteiger partial charge in [0.1, 0.15) is 0 Å². The van der Waals surface area contributed by atoms with E-state index in [2.05, 4.69) is 10.6 Å². The monoisotopic (exact) mass is 268 g/mol. The number of nitrogens with one attached hydrogen (secondary N) is 2. The van der Waals surface area contributed by atoms with Crippen molar-refractivity contribution in [1.29, 1.82) is 0 Å². The molecule has 2 nitrogen and oxygen atoms in total. The molecule has 1 aliphatic rings. The molecule has 92 valence electrons. The van der Waals surface area contributed by atoms with Crippen molar-refractivity contribution >= 4 is 34.6 Å². The van der Waals surface area contributed by atoms with E-state index in [4.69, 9.17) is 23.8 Å². The van der Waals surface area contributed by atoms with Crippen LogP contribution in [0.15, 0.2) is 18.2 Å². The van der Waals surface area contributed by atoms with Crippen LogP contribution in [0.25, 0.3) is 0 Å². The number of hydrogen-bond donors (Lipinski definition) is 2. The number of anilines is 1. The van der Waals surface area contributed by atoms with Crippen LogP contribution in [-0.2, 0) is 0 Å². The first-order valence-electron chi connectivity index (χ1n) is 5.99. The Labute approximate surface area is 113 Å². The molecule has 1 aliphatic carbocycles. The van der Waals surface area contributed by atoms with E-state index in [0.717, 1.165) is 5.69 Å². The van der Waals surface area contributed by atoms with E-state index < -0.39 is 0 Å². The third-order valence-corrected chi connectivity index (χ3v) is 3.61. The van der Waals surface area contributed by atoms with Crippen LogP contribution in [0.2, 0.25) is 5.02 Å². The van der Waals surface area contributed by atoms with Crippen molar-refractivity contribution in [3.05, 3.63) is 28.8 Å². The Morgan fingerprint density at radius 3 is 2.76 bits per heavy atom. The Kier molecular flexibility index (Phi) is 4.24. The topological polar surface area (TPSA) is 24.1 Å². The summed E-state index contributed by atoms with van der Waals surface area (Å²) in [7, 11) is 0. The van der Waals surface area contributed by atoms with Gasteiger partial charge in [0.2, 0.25) is 0 Å². The summed E-state index contributed by atoms with van der Waals surface area (Å²) in [4.78, 5) is 0. The summed E-state index contributed by atoms with van der Waals surface area (Å²) in [5.41, 5.74) is 2.04. The van der Waals surface area contributed by atoms with Crippen LogP contribution in [0.3, 0.4) is 0 Å². The molecule has 4 heteroatoms. The molecule has 0 amide bonds. The first-order valence-corrected chi connectivity index (χ1v) is 6.77. The van der Waals surface area contributed by atoms with Crippen molar-refractivity contribution in [1.82, 2.24) is 5.32 Å². The summed E-state index contributed by atoms with van der Waals surface area (Å²) in [6, 6.07) is 6.40. The van der Waals surface area contributed by atoms with Gasteiger partial charge in [-0.1, -0.05) is 30.5 Å². The molecule has 0 saturated heterocycles. The minimum absolute atomic E-state index is 0.526. The molecule has 0 bridgehead atoms. The second kappa shape index (κ2) is 5.69. The first kappa shape index (κ1) is 12.7. The Balaban J connectivity index is 1.95. The maximum Gasteiger partial charge on any atom is 0.171 e. The van der Waals surface area contributed by atoms with Crippen molar-refractivity contribution in [3.8, 4) is 0 Å². The largest absolute Gasteiger partial charge is 0.360 e. The van der Waals surface area contributed by atoms with E-state index >= 15 is 0 Å². The van der Waals surface area contributed by atoms with Crippen molar-refractivity contribution in [2.45, 2.75) is 38.6 Å². The summed E-state index contributed by atoms with van der Waals surface area (Å²) in [5.74, 6) is 0. The van der Waals surface area contributed by atoms with Crippen LogP contribution in [0, 0.1) is 6.92 Å². The lowest BCUT2D eigenvalue weighted by Gasteiger charge is -2.16. The zero-order valence-corrected chi connectivity index (χ0v) is 11.5. The maximum atomic E-state index is 6.11. The third-order valence-electron chi connectivity index (χ3n) is 3.06. The second-order valence-electron chi connectivity index (χ2n) is 4.56. The number of halogens is 1. The van der Waals surface area contributed by atoms with Gasteiger partial charge in [0.25, 0.3) is 0 Å². The van der Waals surface area contributed by atoms with Gasteiger partial charge in [-0.05, 0) is 49.7 Å². The molecule has 0 unspecified atom stereocenters. The third kappa shape index (κ3) is 3.58. The maximum absolute atomic E-state index is 6.11. The van der Waals surface area contributed by atoms with E-state index in [9.17, 15) is 0 Å². The minimum atomic E-state index is 0.526. The number of aryl methyl sites for hydroxylation is 1. The molecular weight excluding hydrogens is 252 g/mol. The summed E-state index contributed by atoms with van der Waals surface area (Å²) < 4.78 is 0. The second-order valence-corrected chi connectivity index (χ2v) is 5.38. The molecule has 2 rings (SSSR count). The highest BCUT2D eigenvalue weighted by Gasteiger charge is 2.15. The molecule has 0 spiro atoms. The standard InChI is InChI=1S/C13H17ClN2S/c1-9-6-7-11(14)12(8-9)16-13(17)15-10-4-2-3-5-10/h6-8,10H,2-5H2,1H3,(H2,15,16,17). The van der Waals surface area contributed by atoms with Gasteiger partial charge in [-0.2, -0.15) is 0 Å². The Hall–Kier alpha value is -0.800. The fraction of sp³-hybridized carbons (Fsp3) is 0.462. The van der Waals surface area contributed by atoms with Crippen LogP contribution in [0.4, 0.5) is 5.69 Å². The van der Waals surface area contributed by atoms with Crippen LogP contribution < -0.4 is 10.6 Å². The fourth-order valence-corrected chi connectivity index (χ4v) is 2.59. The number of hydrogen-bond acceptors (Lipinski definition) is 1. The summed E-state index contributed by atoms with van der Waals surface area (Å²) >= 11 is 11.4. The van der Waals surface area contributed by atoms with E-state index in [0.29, 0.717) is 16.2 Å². The average Bonchev–Trinajstić information content (AvgIpc) is 2.76. The van der Waals surface area contributed by atoms with Gasteiger partial charge >= 0.3 is 0 Å². The lowest BCUT2D eigenvalue weighted by molar-refractivity contribution is 0.634. The molecule has 1 fully saturated rings. The summed E-state index contributed by atoms with van der Waals surface area (Å²) in [6.07, 6.45) is 5.02. The summed E-state index contributed by atoms with van der Waals surface area (Å²) in [5, 5.41) is 7.87. The fourth-order valence-electron chi connectivity index (χ4n) is 2.15. The van der Waals surface area contributed by atoms with Crippen LogP contribution in [-0.4, -0.2) is 11.2 Å². The van der Waals surface area contributed by atoms with Crippen molar-refractivity contribution in [3.63, 3.8) is 0 Å². The molecule has 17 heavy (non-hydrogen) atoms. The SMILES string of the molecule is Cc1ccc(Cl)c(NC(=S)NC2CCCC2)c1. The van der Waals surface area contributed by atoms with Crippen LogP contribution in [0.1, 0.15) is 31.2 Å². The molecule has 0 heterocycles. The Morgan fingerprint density at radius 1 is 1.35 bits per heavy atom. The molecule has 1 aromatic rings. The van der Waals surface area contributed by atoms with E-state index in [1.54, 1.807) is 0 Å². The highest BCUT2D eigenvalue weighted by atomic mass is 35.5. The predicted molar refractivity (Wildman–Crippen MR) is 77.8 cm³/mol. The van der Waals surface area contributed by atoms with E-state index in [1.807, 2.05) is 25.1 Å². The minimum Gasteiger partial charge on any atom is -0.360 e. The summed E-state index contributed by atoms with van der Waals surface area (Å²) in [6.45, 7) is 2.04. The Morgan fingerprint density at radius 2 is 2.06 bits per heavy atom. The highest BCUT2D eigenvalue weighted by Crippen LogP contribution is 2.23. The van der Waals surface area contributed by atoms with Crippen molar-refractivity contribution in [2.24, 2.45) is 0 Å². The molecule has 0 atom stereocenters. The Bertz CT molecular complexity index is 414. The number of thiocarbonyl (C=S) groups is 1. The zero-order valence-electron chi connectivity index (χ0n) is 9.92. The smallest absolute Gasteiger partial charge is 0.171 e. The molecule has 0 aliphatic heterocycles. The number of rotatable bonds is 2. The molecule has 0 aromatic heterocycles. The van der Waals surface area contributed by atoms with Gasteiger partial charge in [-0.3, -0.25) is 0 Å². The van der Waals surface area contributed by atoms with Crippen molar-refractivity contribution in [2.75, 3.05) is 5.32 Å². The number of benzene rings is 1. The van der Waals surface area contributed by atoms with Gasteiger partial charge < -0.3 is 10.6 Å². The van der Waals surface area contributed by atoms with Crippen LogP contribution >= 0.6 is 23.8 Å². The molecule has 1 saturated carbocycles. The average molecular weight is 269 g/mol. The van der Waals surface area contributed by atoms with Gasteiger partial charge in [-0.25, -0.2) is 0 Å². The molecule has 2 N–H and O–H groups in total. The highest BCUT2D eigenvalue weighted by molar-refractivity contribution is 7.80. The molecule has 0 radical (unpaired) electrons. The predicted octanol–water partition coefficient (Wildman–Crippen LogP) is 3.88. The van der Waals surface area contributed by atoms with E-state index in [-0.39, 0.29) is 0 Å². The van der Waals surface area contributed by atoms with Gasteiger partial charge in [0.05, 0.1) is 10.7 Å². The van der Waals surface area contributed by atoms with Crippen molar-refractivity contribution < 1.29 is 0 Å². The lowest BCUT2D eigenvalue weighted by atomic mass is 10.2. The molecule has 1 aromatic carbocycles. The van der Waals surface area contributed by atoms with E-state index in [1.165, 1.54) is 31.2 Å². The van der Waals surface area contributed by atoms with Gasteiger partial charge in [-0.15, -0.1) is 0 Å². The zero-order chi connectivity index (χ0) is 12.3. The van der Waals surface area contributed by atoms with Gasteiger partial charge in [0.15, 0.2) is 5.11 Å².